The fraction of sp³-hybridized carbons (Fsp3) is 0.406. The minimum Gasteiger partial charge on any atom is -0.378 e. The molecule has 2 saturated heterocycles. The molecule has 0 unspecified atom stereocenters. The SMILES string of the molecule is C.COCc1cn(CCN2CN(c3ccc(F)cc3)C3(CCN([C@@H]4Cc5cccc6cccc4c56)CC3)C2=O)nn1. The number of carbonyl (C=O) groups is 1. The van der Waals surface area contributed by atoms with Gasteiger partial charge in [0.15, 0.2) is 0 Å². The lowest BCUT2D eigenvalue weighted by molar-refractivity contribution is -0.134. The van der Waals surface area contributed by atoms with Crippen LogP contribution in [0, 0.1) is 5.82 Å². The number of rotatable bonds is 7. The first kappa shape index (κ1) is 27.4. The van der Waals surface area contributed by atoms with Gasteiger partial charge in [-0.2, -0.15) is 0 Å². The van der Waals surface area contributed by atoms with E-state index < -0.39 is 5.54 Å². The van der Waals surface area contributed by atoms with Gasteiger partial charge in [0.2, 0.25) is 5.91 Å². The predicted octanol–water partition coefficient (Wildman–Crippen LogP) is 4.79. The maximum atomic E-state index is 14.1. The molecule has 8 nitrogen and oxygen atoms in total. The van der Waals surface area contributed by atoms with E-state index >= 15 is 0 Å². The van der Waals surface area contributed by atoms with Crippen molar-refractivity contribution >= 4 is 22.4 Å². The van der Waals surface area contributed by atoms with Crippen molar-refractivity contribution in [3.05, 3.63) is 89.5 Å². The minimum atomic E-state index is -0.643. The zero-order valence-electron chi connectivity index (χ0n) is 22.7. The highest BCUT2D eigenvalue weighted by Crippen LogP contribution is 2.45. The molecule has 4 aromatic rings. The van der Waals surface area contributed by atoms with Crippen molar-refractivity contribution in [2.45, 2.75) is 51.4 Å². The number of aromatic nitrogens is 3. The first-order valence-electron chi connectivity index (χ1n) is 14.0. The summed E-state index contributed by atoms with van der Waals surface area (Å²) >= 11 is 0. The second-order valence-corrected chi connectivity index (χ2v) is 11.2. The number of benzene rings is 3. The number of hydrogen-bond donors (Lipinski definition) is 0. The molecule has 7 rings (SSSR count). The molecule has 0 saturated carbocycles. The highest BCUT2D eigenvalue weighted by atomic mass is 19.1. The largest absolute Gasteiger partial charge is 0.378 e. The third-order valence-corrected chi connectivity index (χ3v) is 8.99. The highest BCUT2D eigenvalue weighted by Gasteiger charge is 2.54. The van der Waals surface area contributed by atoms with E-state index in [0.29, 0.717) is 32.4 Å². The number of carbonyl (C=O) groups excluding carboxylic acids is 1. The number of hydrogen-bond acceptors (Lipinski definition) is 6. The number of methoxy groups -OCH3 is 1. The monoisotopic (exact) mass is 556 g/mol. The molecule has 3 aromatic carbocycles. The minimum absolute atomic E-state index is 0. The lowest BCUT2D eigenvalue weighted by atomic mass is 9.84. The molecule has 9 heteroatoms. The molecule has 1 amide bonds. The van der Waals surface area contributed by atoms with Crippen LogP contribution in [0.5, 0.6) is 0 Å². The van der Waals surface area contributed by atoms with Crippen molar-refractivity contribution in [3.63, 3.8) is 0 Å². The van der Waals surface area contributed by atoms with Crippen LogP contribution in [0.2, 0.25) is 0 Å². The van der Waals surface area contributed by atoms with Crippen LogP contribution < -0.4 is 4.90 Å². The molecule has 0 radical (unpaired) electrons. The van der Waals surface area contributed by atoms with Crippen molar-refractivity contribution in [3.8, 4) is 0 Å². The fourth-order valence-electron chi connectivity index (χ4n) is 7.02. The van der Waals surface area contributed by atoms with Crippen LogP contribution in [-0.2, 0) is 29.1 Å². The van der Waals surface area contributed by atoms with E-state index in [9.17, 15) is 9.18 Å². The Labute approximate surface area is 240 Å². The van der Waals surface area contributed by atoms with Gasteiger partial charge in [-0.1, -0.05) is 49.0 Å². The lowest BCUT2D eigenvalue weighted by Crippen LogP contribution is -2.57. The Bertz CT molecular complexity index is 1540. The van der Waals surface area contributed by atoms with Crippen LogP contribution >= 0.6 is 0 Å². The summed E-state index contributed by atoms with van der Waals surface area (Å²) in [5.74, 6) is -0.131. The molecular weight excluding hydrogens is 519 g/mol. The van der Waals surface area contributed by atoms with Gasteiger partial charge in [0.1, 0.15) is 17.1 Å². The van der Waals surface area contributed by atoms with Crippen molar-refractivity contribution < 1.29 is 13.9 Å². The topological polar surface area (TPSA) is 66.7 Å². The Morgan fingerprint density at radius 3 is 2.54 bits per heavy atom. The summed E-state index contributed by atoms with van der Waals surface area (Å²) in [5, 5.41) is 11.0. The molecule has 41 heavy (non-hydrogen) atoms. The van der Waals surface area contributed by atoms with Crippen molar-refractivity contribution in [2.75, 3.05) is 38.3 Å². The Balaban J connectivity index is 0.00000302. The second-order valence-electron chi connectivity index (χ2n) is 11.2. The van der Waals surface area contributed by atoms with Crippen LogP contribution in [0.3, 0.4) is 0 Å². The summed E-state index contributed by atoms with van der Waals surface area (Å²) in [6, 6.07) is 20.1. The van der Waals surface area contributed by atoms with Crippen LogP contribution in [0.1, 0.15) is 43.1 Å². The summed E-state index contributed by atoms with van der Waals surface area (Å²) < 4.78 is 20.7. The summed E-state index contributed by atoms with van der Waals surface area (Å²) in [7, 11) is 1.63. The lowest BCUT2D eigenvalue weighted by Gasteiger charge is -2.45. The first-order chi connectivity index (χ1) is 19.6. The fourth-order valence-corrected chi connectivity index (χ4v) is 7.02. The average Bonchev–Trinajstić information content (AvgIpc) is 3.66. The summed E-state index contributed by atoms with van der Waals surface area (Å²) in [4.78, 5) is 20.8. The molecule has 1 atom stereocenters. The molecule has 1 aromatic heterocycles. The number of likely N-dealkylation sites (tertiary alicyclic amines) is 1. The third-order valence-electron chi connectivity index (χ3n) is 8.99. The molecule has 1 spiro atoms. The quantitative estimate of drug-likeness (QED) is 0.326. The van der Waals surface area contributed by atoms with Gasteiger partial charge in [-0.25, -0.2) is 4.39 Å². The van der Waals surface area contributed by atoms with Crippen LogP contribution in [0.4, 0.5) is 10.1 Å². The van der Waals surface area contributed by atoms with Gasteiger partial charge < -0.3 is 14.5 Å². The van der Waals surface area contributed by atoms with Gasteiger partial charge in [-0.3, -0.25) is 14.4 Å². The Morgan fingerprint density at radius 2 is 1.78 bits per heavy atom. The van der Waals surface area contributed by atoms with Gasteiger partial charge in [0.05, 0.1) is 26.0 Å². The third kappa shape index (κ3) is 4.67. The number of anilines is 1. The van der Waals surface area contributed by atoms with Crippen molar-refractivity contribution in [1.29, 1.82) is 0 Å². The maximum absolute atomic E-state index is 14.1. The molecule has 214 valence electrons. The van der Waals surface area contributed by atoms with Gasteiger partial charge >= 0.3 is 0 Å². The molecular formula is C32H37FN6O2. The van der Waals surface area contributed by atoms with Gasteiger partial charge in [-0.05, 0) is 65.4 Å². The van der Waals surface area contributed by atoms with E-state index in [1.807, 2.05) is 11.1 Å². The normalized spacial score (nSPS) is 19.9. The van der Waals surface area contributed by atoms with E-state index in [1.54, 1.807) is 23.9 Å². The Kier molecular flexibility index (Phi) is 7.25. The van der Waals surface area contributed by atoms with Crippen molar-refractivity contribution in [1.82, 2.24) is 24.8 Å². The van der Waals surface area contributed by atoms with Crippen molar-refractivity contribution in [2.24, 2.45) is 0 Å². The van der Waals surface area contributed by atoms with Crippen LogP contribution in [0.15, 0.2) is 66.9 Å². The predicted molar refractivity (Wildman–Crippen MR) is 157 cm³/mol. The Morgan fingerprint density at radius 1 is 1.02 bits per heavy atom. The molecule has 3 aliphatic rings. The number of halogens is 1. The number of ether oxygens (including phenoxy) is 1. The molecule has 2 fully saturated rings. The molecule has 3 heterocycles. The first-order valence-corrected chi connectivity index (χ1v) is 14.0. The Hall–Kier alpha value is -3.82. The standard InChI is InChI=1S/C31H33FN6O2.CH4/c1-40-20-25-19-37(34-33-25)17-16-36-21-38(26-10-8-24(32)9-11-26)31(30(36)39)12-14-35(15-13-31)28-18-23-6-2-4-22-5-3-7-27(28)29(22)23;/h2-11,19,28H,12-18,20-21H2,1H3;1H4/t28-;/m1./s1. The van der Waals surface area contributed by atoms with Gasteiger partial charge in [-0.15, -0.1) is 5.10 Å². The van der Waals surface area contributed by atoms with Crippen LogP contribution in [0.25, 0.3) is 10.8 Å². The smallest absolute Gasteiger partial charge is 0.250 e. The summed E-state index contributed by atoms with van der Waals surface area (Å²) in [6.45, 7) is 3.61. The van der Waals surface area contributed by atoms with E-state index in [-0.39, 0.29) is 19.2 Å². The second kappa shape index (κ2) is 10.9. The van der Waals surface area contributed by atoms with E-state index in [1.165, 1.54) is 34.0 Å². The molecule has 1 aliphatic carbocycles. The maximum Gasteiger partial charge on any atom is 0.250 e. The zero-order valence-corrected chi connectivity index (χ0v) is 22.7. The van der Waals surface area contributed by atoms with Gasteiger partial charge in [0.25, 0.3) is 0 Å². The zero-order chi connectivity index (χ0) is 27.3. The molecule has 2 aliphatic heterocycles. The number of piperidine rings is 1. The molecule has 0 N–H and O–H groups in total. The summed E-state index contributed by atoms with van der Waals surface area (Å²) in [5.41, 5.74) is 3.81. The van der Waals surface area contributed by atoms with Crippen LogP contribution in [-0.4, -0.2) is 69.7 Å². The van der Waals surface area contributed by atoms with Gasteiger partial charge in [0, 0.05) is 38.5 Å². The number of nitrogens with zero attached hydrogens (tertiary/aromatic N) is 6. The average molecular weight is 557 g/mol. The number of amides is 1. The van der Waals surface area contributed by atoms with E-state index in [2.05, 4.69) is 56.5 Å². The molecule has 0 bridgehead atoms. The highest BCUT2D eigenvalue weighted by molar-refractivity contribution is 5.94. The summed E-state index contributed by atoms with van der Waals surface area (Å²) in [6.07, 6.45) is 4.32. The van der Waals surface area contributed by atoms with E-state index in [0.717, 1.165) is 43.7 Å². The van der Waals surface area contributed by atoms with E-state index in [4.69, 9.17) is 4.74 Å².